The Balaban J connectivity index is 1.73. The van der Waals surface area contributed by atoms with E-state index in [4.69, 9.17) is 0 Å². The van der Waals surface area contributed by atoms with E-state index in [1.807, 2.05) is 6.07 Å². The van der Waals surface area contributed by atoms with Crippen LogP contribution in [0, 0.1) is 5.92 Å². The number of alkyl halides is 3. The summed E-state index contributed by atoms with van der Waals surface area (Å²) < 4.78 is 37.7. The molecular formula is C14H20F3NS. The van der Waals surface area contributed by atoms with Gasteiger partial charge >= 0.3 is 6.18 Å². The Labute approximate surface area is 116 Å². The minimum absolute atomic E-state index is 0.244. The molecule has 0 radical (unpaired) electrons. The summed E-state index contributed by atoms with van der Waals surface area (Å²) in [6, 6.07) is 4.70. The smallest absolute Gasteiger partial charge is 0.311 e. The number of rotatable bonds is 4. The summed E-state index contributed by atoms with van der Waals surface area (Å²) in [4.78, 5) is 1.32. The van der Waals surface area contributed by atoms with E-state index in [-0.39, 0.29) is 18.9 Å². The van der Waals surface area contributed by atoms with Gasteiger partial charge in [-0.15, -0.1) is 11.3 Å². The molecule has 1 N–H and O–H groups in total. The number of hydrogen-bond donors (Lipinski definition) is 1. The highest BCUT2D eigenvalue weighted by atomic mass is 32.1. The minimum Gasteiger partial charge on any atom is -0.311 e. The summed E-state index contributed by atoms with van der Waals surface area (Å²) in [6.07, 6.45) is -1.23. The minimum atomic E-state index is -4.01. The quantitative estimate of drug-likeness (QED) is 0.867. The van der Waals surface area contributed by atoms with Crippen molar-refractivity contribution in [3.63, 3.8) is 0 Å². The lowest BCUT2D eigenvalue weighted by Crippen LogP contribution is -2.41. The van der Waals surface area contributed by atoms with E-state index < -0.39 is 12.1 Å². The Morgan fingerprint density at radius 2 is 2.00 bits per heavy atom. The maximum Gasteiger partial charge on any atom is 0.391 e. The van der Waals surface area contributed by atoms with Crippen LogP contribution in [0.15, 0.2) is 17.5 Å². The topological polar surface area (TPSA) is 12.0 Å². The number of thiophene rings is 1. The molecule has 1 aliphatic carbocycles. The van der Waals surface area contributed by atoms with Gasteiger partial charge in [0.2, 0.25) is 0 Å². The van der Waals surface area contributed by atoms with Crippen molar-refractivity contribution in [1.82, 2.24) is 5.32 Å². The van der Waals surface area contributed by atoms with Crippen molar-refractivity contribution in [2.75, 3.05) is 0 Å². The van der Waals surface area contributed by atoms with Crippen molar-refractivity contribution in [3.8, 4) is 0 Å². The third-order valence-corrected chi connectivity index (χ3v) is 4.70. The van der Waals surface area contributed by atoms with Gasteiger partial charge in [-0.3, -0.25) is 0 Å². The van der Waals surface area contributed by atoms with E-state index in [0.717, 1.165) is 6.42 Å². The standard InChI is InChI=1S/C14H20F3NS/c1-10(9-13-3-2-8-19-13)18-12-6-4-11(5-7-12)14(15,16)17/h2-3,8,10-12,18H,4-7,9H2,1H3. The number of hydrogen-bond acceptors (Lipinski definition) is 2. The zero-order valence-corrected chi connectivity index (χ0v) is 11.9. The van der Waals surface area contributed by atoms with Gasteiger partial charge in [-0.2, -0.15) is 13.2 Å². The highest BCUT2D eigenvalue weighted by molar-refractivity contribution is 7.09. The maximum absolute atomic E-state index is 12.6. The molecule has 1 aromatic rings. The van der Waals surface area contributed by atoms with Gasteiger partial charge in [-0.05, 0) is 50.5 Å². The first-order valence-electron chi connectivity index (χ1n) is 6.80. The fraction of sp³-hybridized carbons (Fsp3) is 0.714. The molecule has 1 aromatic heterocycles. The van der Waals surface area contributed by atoms with E-state index in [0.29, 0.717) is 18.9 Å². The van der Waals surface area contributed by atoms with Crippen LogP contribution in [0.5, 0.6) is 0 Å². The average molecular weight is 291 g/mol. The average Bonchev–Trinajstić information content (AvgIpc) is 2.81. The van der Waals surface area contributed by atoms with Crippen LogP contribution in [0.4, 0.5) is 13.2 Å². The highest BCUT2D eigenvalue weighted by Gasteiger charge is 2.41. The van der Waals surface area contributed by atoms with Gasteiger partial charge < -0.3 is 5.32 Å². The fourth-order valence-electron chi connectivity index (χ4n) is 2.78. The molecule has 0 bridgehead atoms. The fourth-order valence-corrected chi connectivity index (χ4v) is 3.61. The van der Waals surface area contributed by atoms with Crippen molar-refractivity contribution < 1.29 is 13.2 Å². The van der Waals surface area contributed by atoms with Crippen LogP contribution in [0.3, 0.4) is 0 Å². The molecule has 1 aliphatic rings. The Bertz CT molecular complexity index is 367. The molecule has 1 atom stereocenters. The second-order valence-electron chi connectivity index (χ2n) is 5.44. The van der Waals surface area contributed by atoms with Crippen LogP contribution in [0.1, 0.15) is 37.5 Å². The largest absolute Gasteiger partial charge is 0.391 e. The summed E-state index contributed by atoms with van der Waals surface area (Å²) >= 11 is 1.73. The first kappa shape index (κ1) is 14.9. The first-order valence-corrected chi connectivity index (χ1v) is 7.68. The number of nitrogens with one attached hydrogen (secondary N) is 1. The molecule has 0 spiro atoms. The van der Waals surface area contributed by atoms with E-state index in [9.17, 15) is 13.2 Å². The Morgan fingerprint density at radius 3 is 2.53 bits per heavy atom. The molecule has 5 heteroatoms. The molecular weight excluding hydrogens is 271 g/mol. The van der Waals surface area contributed by atoms with Crippen molar-refractivity contribution in [2.24, 2.45) is 5.92 Å². The monoisotopic (exact) mass is 291 g/mol. The lowest BCUT2D eigenvalue weighted by atomic mass is 9.85. The summed E-state index contributed by atoms with van der Waals surface area (Å²) in [5.74, 6) is -1.09. The SMILES string of the molecule is CC(Cc1cccs1)NC1CCC(C(F)(F)F)CC1. The lowest BCUT2D eigenvalue weighted by molar-refractivity contribution is -0.182. The van der Waals surface area contributed by atoms with E-state index in [1.54, 1.807) is 11.3 Å². The van der Waals surface area contributed by atoms with E-state index in [2.05, 4.69) is 23.7 Å². The molecule has 0 aromatic carbocycles. The highest BCUT2D eigenvalue weighted by Crippen LogP contribution is 2.37. The Kier molecular flexibility index (Phi) is 4.90. The summed E-state index contributed by atoms with van der Waals surface area (Å²) in [5, 5.41) is 5.52. The van der Waals surface area contributed by atoms with Gasteiger partial charge in [-0.25, -0.2) is 0 Å². The van der Waals surface area contributed by atoms with Crippen LogP contribution >= 0.6 is 11.3 Å². The zero-order chi connectivity index (χ0) is 13.9. The third-order valence-electron chi connectivity index (χ3n) is 3.80. The van der Waals surface area contributed by atoms with Crippen molar-refractivity contribution in [1.29, 1.82) is 0 Å². The Morgan fingerprint density at radius 1 is 1.32 bits per heavy atom. The Hall–Kier alpha value is -0.550. The molecule has 1 heterocycles. The van der Waals surface area contributed by atoms with Gasteiger partial charge in [-0.1, -0.05) is 6.07 Å². The third kappa shape index (κ3) is 4.49. The molecule has 1 nitrogen and oxygen atoms in total. The van der Waals surface area contributed by atoms with Crippen LogP contribution in [0.25, 0.3) is 0 Å². The van der Waals surface area contributed by atoms with Crippen molar-refractivity contribution in [3.05, 3.63) is 22.4 Å². The second-order valence-corrected chi connectivity index (χ2v) is 6.47. The molecule has 108 valence electrons. The molecule has 0 saturated heterocycles. The maximum atomic E-state index is 12.6. The van der Waals surface area contributed by atoms with Crippen LogP contribution in [-0.2, 0) is 6.42 Å². The van der Waals surface area contributed by atoms with Crippen LogP contribution < -0.4 is 5.32 Å². The molecule has 0 amide bonds. The van der Waals surface area contributed by atoms with E-state index in [1.165, 1.54) is 4.88 Å². The molecule has 19 heavy (non-hydrogen) atoms. The lowest BCUT2D eigenvalue weighted by Gasteiger charge is -2.32. The van der Waals surface area contributed by atoms with Crippen LogP contribution in [0.2, 0.25) is 0 Å². The van der Waals surface area contributed by atoms with Gasteiger partial charge in [0.05, 0.1) is 5.92 Å². The van der Waals surface area contributed by atoms with Gasteiger partial charge in [0.1, 0.15) is 0 Å². The van der Waals surface area contributed by atoms with Crippen molar-refractivity contribution in [2.45, 2.75) is 57.3 Å². The zero-order valence-electron chi connectivity index (χ0n) is 11.0. The summed E-state index contributed by atoms with van der Waals surface area (Å²) in [5.41, 5.74) is 0. The van der Waals surface area contributed by atoms with Crippen molar-refractivity contribution >= 4 is 11.3 Å². The molecule has 0 aliphatic heterocycles. The predicted octanol–water partition coefficient (Wildman–Crippen LogP) is 4.39. The first-order chi connectivity index (χ1) is 8.95. The predicted molar refractivity (Wildman–Crippen MR) is 72.4 cm³/mol. The number of halogens is 3. The van der Waals surface area contributed by atoms with E-state index >= 15 is 0 Å². The van der Waals surface area contributed by atoms with Gasteiger partial charge in [0.25, 0.3) is 0 Å². The summed E-state index contributed by atoms with van der Waals surface area (Å²) in [7, 11) is 0. The van der Waals surface area contributed by atoms with Gasteiger partial charge in [0, 0.05) is 17.0 Å². The molecule has 1 unspecified atom stereocenters. The molecule has 1 fully saturated rings. The second kappa shape index (κ2) is 6.27. The van der Waals surface area contributed by atoms with Gasteiger partial charge in [0.15, 0.2) is 0 Å². The van der Waals surface area contributed by atoms with Crippen LogP contribution in [-0.4, -0.2) is 18.3 Å². The normalized spacial score (nSPS) is 26.3. The molecule has 2 rings (SSSR count). The molecule has 1 saturated carbocycles. The summed E-state index contributed by atoms with van der Waals surface area (Å²) in [6.45, 7) is 2.11.